The predicted molar refractivity (Wildman–Crippen MR) is 113 cm³/mol. The third-order valence-electron chi connectivity index (χ3n) is 4.95. The number of aryl methyl sites for hydroxylation is 1. The van der Waals surface area contributed by atoms with E-state index in [9.17, 15) is 19.7 Å². The minimum absolute atomic E-state index is 0.0613. The highest BCUT2D eigenvalue weighted by Crippen LogP contribution is 2.22. The van der Waals surface area contributed by atoms with E-state index >= 15 is 0 Å². The van der Waals surface area contributed by atoms with Crippen LogP contribution in [0.15, 0.2) is 54.6 Å². The molecule has 31 heavy (non-hydrogen) atoms. The highest BCUT2D eigenvalue weighted by Gasteiger charge is 2.20. The SMILES string of the molecule is Cc1cc(C(=O)NNC(=O)c2n[nH]c3ccc([N+](=O)[O-])cc23)c(C)n1-c1ccccc1. The molecule has 4 aromatic rings. The zero-order chi connectivity index (χ0) is 22.1. The number of aromatic amines is 1. The summed E-state index contributed by atoms with van der Waals surface area (Å²) in [5.41, 5.74) is 7.85. The third kappa shape index (κ3) is 3.62. The lowest BCUT2D eigenvalue weighted by Crippen LogP contribution is -2.42. The number of aromatic nitrogens is 3. The van der Waals surface area contributed by atoms with Gasteiger partial charge in [0.2, 0.25) is 0 Å². The quantitative estimate of drug-likeness (QED) is 0.346. The molecule has 156 valence electrons. The van der Waals surface area contributed by atoms with E-state index < -0.39 is 16.7 Å². The van der Waals surface area contributed by atoms with Gasteiger partial charge in [-0.1, -0.05) is 18.2 Å². The molecular formula is C21H18N6O4. The van der Waals surface area contributed by atoms with Crippen LogP contribution in [0.1, 0.15) is 32.2 Å². The number of para-hydroxylation sites is 1. The minimum Gasteiger partial charge on any atom is -0.318 e. The summed E-state index contributed by atoms with van der Waals surface area (Å²) >= 11 is 0. The Hall–Kier alpha value is -4.47. The standard InChI is InChI=1S/C21H18N6O4/c1-12-10-16(13(2)26(12)14-6-4-3-5-7-14)20(28)24-25-21(29)19-17-11-15(27(30)31)8-9-18(17)22-23-19/h3-11H,1-2H3,(H,22,23)(H,24,28)(H,25,29). The number of rotatable bonds is 4. The summed E-state index contributed by atoms with van der Waals surface area (Å²) in [4.78, 5) is 35.7. The van der Waals surface area contributed by atoms with Gasteiger partial charge in [0.15, 0.2) is 5.69 Å². The number of H-pyrrole nitrogens is 1. The zero-order valence-electron chi connectivity index (χ0n) is 16.7. The second-order valence-electron chi connectivity index (χ2n) is 6.92. The van der Waals surface area contributed by atoms with Crippen molar-refractivity contribution < 1.29 is 14.5 Å². The van der Waals surface area contributed by atoms with Crippen LogP contribution in [0.2, 0.25) is 0 Å². The van der Waals surface area contributed by atoms with Crippen LogP contribution in [0.25, 0.3) is 16.6 Å². The lowest BCUT2D eigenvalue weighted by atomic mass is 10.2. The van der Waals surface area contributed by atoms with Crippen LogP contribution in [0, 0.1) is 24.0 Å². The van der Waals surface area contributed by atoms with Gasteiger partial charge >= 0.3 is 0 Å². The molecule has 0 spiro atoms. The molecule has 0 aliphatic rings. The van der Waals surface area contributed by atoms with Crippen LogP contribution in [0.3, 0.4) is 0 Å². The number of hydrogen-bond acceptors (Lipinski definition) is 5. The summed E-state index contributed by atoms with van der Waals surface area (Å²) in [6.45, 7) is 3.70. The summed E-state index contributed by atoms with van der Waals surface area (Å²) in [7, 11) is 0. The molecule has 3 N–H and O–H groups in total. The molecule has 0 radical (unpaired) electrons. The number of nitro groups is 1. The van der Waals surface area contributed by atoms with Gasteiger partial charge in [-0.3, -0.25) is 35.7 Å². The number of non-ortho nitro benzene ring substituents is 1. The second kappa shape index (κ2) is 7.75. The first-order chi connectivity index (χ1) is 14.9. The summed E-state index contributed by atoms with van der Waals surface area (Å²) in [5, 5.41) is 17.8. The van der Waals surface area contributed by atoms with Crippen molar-refractivity contribution in [2.75, 3.05) is 0 Å². The van der Waals surface area contributed by atoms with Gasteiger partial charge in [0.25, 0.3) is 17.5 Å². The number of hydrazine groups is 1. The fraction of sp³-hybridized carbons (Fsp3) is 0.0952. The van der Waals surface area contributed by atoms with Gasteiger partial charge in [-0.05, 0) is 38.1 Å². The van der Waals surface area contributed by atoms with E-state index in [1.54, 1.807) is 6.07 Å². The van der Waals surface area contributed by atoms with Crippen molar-refractivity contribution in [3.8, 4) is 5.69 Å². The first-order valence-corrected chi connectivity index (χ1v) is 9.34. The van der Waals surface area contributed by atoms with Gasteiger partial charge in [-0.15, -0.1) is 0 Å². The monoisotopic (exact) mass is 418 g/mol. The molecule has 10 heteroatoms. The number of nitro benzene ring substituents is 1. The second-order valence-corrected chi connectivity index (χ2v) is 6.92. The summed E-state index contributed by atoms with van der Waals surface area (Å²) in [6, 6.07) is 15.4. The van der Waals surface area contributed by atoms with Gasteiger partial charge in [0, 0.05) is 34.6 Å². The Morgan fingerprint density at radius 3 is 2.45 bits per heavy atom. The Balaban J connectivity index is 1.53. The Morgan fingerprint density at radius 1 is 1.03 bits per heavy atom. The van der Waals surface area contributed by atoms with E-state index in [-0.39, 0.29) is 16.8 Å². The van der Waals surface area contributed by atoms with Crippen LogP contribution < -0.4 is 10.9 Å². The van der Waals surface area contributed by atoms with E-state index in [4.69, 9.17) is 0 Å². The van der Waals surface area contributed by atoms with Crippen LogP contribution in [0.4, 0.5) is 5.69 Å². The fourth-order valence-corrected chi connectivity index (χ4v) is 3.50. The number of benzene rings is 2. The molecule has 0 aliphatic heterocycles. The first-order valence-electron chi connectivity index (χ1n) is 9.34. The van der Waals surface area contributed by atoms with Gasteiger partial charge in [-0.2, -0.15) is 5.10 Å². The summed E-state index contributed by atoms with van der Waals surface area (Å²) in [5.74, 6) is -1.19. The summed E-state index contributed by atoms with van der Waals surface area (Å²) in [6.07, 6.45) is 0. The molecule has 4 rings (SSSR count). The maximum absolute atomic E-state index is 12.7. The fourth-order valence-electron chi connectivity index (χ4n) is 3.50. The molecule has 2 aromatic heterocycles. The highest BCUT2D eigenvalue weighted by atomic mass is 16.6. The Morgan fingerprint density at radius 2 is 1.74 bits per heavy atom. The van der Waals surface area contributed by atoms with Gasteiger partial charge < -0.3 is 4.57 Å². The smallest absolute Gasteiger partial charge is 0.290 e. The van der Waals surface area contributed by atoms with Gasteiger partial charge in [0.1, 0.15) is 0 Å². The Bertz CT molecular complexity index is 1320. The molecule has 0 saturated carbocycles. The average Bonchev–Trinajstić information content (AvgIpc) is 3.32. The lowest BCUT2D eigenvalue weighted by molar-refractivity contribution is -0.384. The Kier molecular flexibility index (Phi) is 4.96. The summed E-state index contributed by atoms with van der Waals surface area (Å²) < 4.78 is 1.94. The number of nitrogens with one attached hydrogen (secondary N) is 3. The predicted octanol–water partition coefficient (Wildman–Crippen LogP) is 2.95. The van der Waals surface area contributed by atoms with Crippen molar-refractivity contribution in [3.63, 3.8) is 0 Å². The van der Waals surface area contributed by atoms with Crippen LogP contribution in [-0.2, 0) is 0 Å². The molecule has 2 aromatic carbocycles. The molecule has 0 fully saturated rings. The Labute approximate surface area is 176 Å². The van der Waals surface area contributed by atoms with E-state index in [2.05, 4.69) is 21.0 Å². The number of nitrogens with zero attached hydrogens (tertiary/aromatic N) is 3. The number of carbonyl (C=O) groups excluding carboxylic acids is 2. The average molecular weight is 418 g/mol. The third-order valence-corrected chi connectivity index (χ3v) is 4.95. The molecule has 2 heterocycles. The minimum atomic E-state index is -0.697. The largest absolute Gasteiger partial charge is 0.318 e. The number of fused-ring (bicyclic) bond motifs is 1. The molecule has 0 bridgehead atoms. The van der Waals surface area contributed by atoms with Gasteiger partial charge in [0.05, 0.1) is 16.0 Å². The first kappa shape index (κ1) is 19.8. The normalized spacial score (nSPS) is 10.8. The van der Waals surface area contributed by atoms with Crippen molar-refractivity contribution in [1.82, 2.24) is 25.6 Å². The van der Waals surface area contributed by atoms with Crippen molar-refractivity contribution in [2.45, 2.75) is 13.8 Å². The molecule has 0 saturated heterocycles. The molecule has 10 nitrogen and oxygen atoms in total. The van der Waals surface area contributed by atoms with Crippen molar-refractivity contribution >= 4 is 28.4 Å². The van der Waals surface area contributed by atoms with E-state index in [0.717, 1.165) is 17.1 Å². The van der Waals surface area contributed by atoms with Crippen LogP contribution in [0.5, 0.6) is 0 Å². The molecule has 0 unspecified atom stereocenters. The molecule has 0 aliphatic carbocycles. The van der Waals surface area contributed by atoms with Crippen molar-refractivity contribution in [2.24, 2.45) is 0 Å². The molecule has 2 amide bonds. The topological polar surface area (TPSA) is 135 Å². The number of hydrogen-bond donors (Lipinski definition) is 3. The number of amides is 2. The maximum atomic E-state index is 12.7. The van der Waals surface area contributed by atoms with E-state index in [1.807, 2.05) is 48.7 Å². The van der Waals surface area contributed by atoms with Crippen LogP contribution in [-0.4, -0.2) is 31.5 Å². The maximum Gasteiger partial charge on any atom is 0.290 e. The zero-order valence-corrected chi connectivity index (χ0v) is 16.7. The van der Waals surface area contributed by atoms with Crippen LogP contribution >= 0.6 is 0 Å². The van der Waals surface area contributed by atoms with E-state index in [1.165, 1.54) is 18.2 Å². The van der Waals surface area contributed by atoms with Gasteiger partial charge in [-0.25, -0.2) is 0 Å². The van der Waals surface area contributed by atoms with E-state index in [0.29, 0.717) is 11.1 Å². The lowest BCUT2D eigenvalue weighted by Gasteiger charge is -2.10. The molecular weight excluding hydrogens is 400 g/mol. The number of carbonyl (C=O) groups is 2. The molecule has 0 atom stereocenters. The highest BCUT2D eigenvalue weighted by molar-refractivity contribution is 6.06. The van der Waals surface area contributed by atoms with Crippen molar-refractivity contribution in [1.29, 1.82) is 0 Å². The van der Waals surface area contributed by atoms with Crippen molar-refractivity contribution in [3.05, 3.63) is 87.4 Å².